The number of nitrogens with two attached hydrogens (primary N) is 1. The van der Waals surface area contributed by atoms with E-state index in [2.05, 4.69) is 9.24 Å². The molecule has 0 aromatic heterocycles. The van der Waals surface area contributed by atoms with Crippen LogP contribution < -0.4 is 15.8 Å². The van der Waals surface area contributed by atoms with Gasteiger partial charge in [0.25, 0.3) is 0 Å². The number of hydrogen-bond acceptors (Lipinski definition) is 2. The van der Waals surface area contributed by atoms with Crippen LogP contribution in [0.15, 0.2) is 18.2 Å². The van der Waals surface area contributed by atoms with Gasteiger partial charge >= 0.3 is 0 Å². The number of hydrogen-bond donors (Lipinski definition) is 1. The van der Waals surface area contributed by atoms with Gasteiger partial charge in [-0.2, -0.15) is 0 Å². The van der Waals surface area contributed by atoms with E-state index in [1.807, 2.05) is 32.0 Å². The predicted molar refractivity (Wildman–Crippen MR) is 56.0 cm³/mol. The predicted octanol–water partition coefficient (Wildman–Crippen LogP) is 1.56. The molecule has 0 aliphatic rings. The number of benzene rings is 1. The molecule has 0 radical (unpaired) electrons. The maximum atomic E-state index is 5.59. The average Bonchev–Trinajstić information content (AvgIpc) is 1.94. The Labute approximate surface area is 75.3 Å². The fraction of sp³-hybridized carbons (Fsp3) is 0.333. The highest BCUT2D eigenvalue weighted by molar-refractivity contribution is 7.27. The summed E-state index contributed by atoms with van der Waals surface area (Å²) in [5.74, 6) is 0.879. The van der Waals surface area contributed by atoms with E-state index in [1.54, 1.807) is 0 Å². The summed E-state index contributed by atoms with van der Waals surface area (Å²) >= 11 is 0. The van der Waals surface area contributed by atoms with Gasteiger partial charge in [-0.05, 0) is 32.0 Å². The van der Waals surface area contributed by atoms with E-state index in [0.29, 0.717) is 0 Å². The molecule has 1 unspecified atom stereocenters. The van der Waals surface area contributed by atoms with Crippen molar-refractivity contribution in [3.8, 4) is 5.75 Å². The molecule has 0 aliphatic heterocycles. The van der Waals surface area contributed by atoms with Crippen LogP contribution in [0.25, 0.3) is 0 Å². The molecule has 0 aliphatic carbocycles. The molecule has 2 N–H and O–H groups in total. The molecule has 0 bridgehead atoms. The highest BCUT2D eigenvalue weighted by atomic mass is 31.0. The topological polar surface area (TPSA) is 35.2 Å². The molecule has 1 aromatic carbocycles. The summed E-state index contributed by atoms with van der Waals surface area (Å²) in [5.41, 5.74) is 6.35. The summed E-state index contributed by atoms with van der Waals surface area (Å²) in [6.45, 7) is 4.00. The summed E-state index contributed by atoms with van der Waals surface area (Å²) in [4.78, 5) is 0. The molecule has 1 rings (SSSR count). The Bertz CT molecular complexity index is 273. The molecule has 2 nitrogen and oxygen atoms in total. The van der Waals surface area contributed by atoms with E-state index in [4.69, 9.17) is 10.5 Å². The summed E-state index contributed by atoms with van der Waals surface area (Å²) < 4.78 is 5.52. The Balaban J connectivity index is 2.86. The van der Waals surface area contributed by atoms with Gasteiger partial charge in [0.1, 0.15) is 5.75 Å². The first-order valence-corrected chi connectivity index (χ1v) is 4.49. The lowest BCUT2D eigenvalue weighted by Crippen LogP contribution is -2.10. The van der Waals surface area contributed by atoms with Crippen LogP contribution in [-0.2, 0) is 0 Å². The van der Waals surface area contributed by atoms with E-state index >= 15 is 0 Å². The second-order valence-electron chi connectivity index (χ2n) is 2.96. The van der Waals surface area contributed by atoms with Crippen LogP contribution in [0, 0.1) is 0 Å². The Kier molecular flexibility index (Phi) is 2.93. The Morgan fingerprint density at radius 1 is 1.42 bits per heavy atom. The number of nitrogen functional groups attached to an aromatic ring is 1. The largest absolute Gasteiger partial charge is 0.490 e. The van der Waals surface area contributed by atoms with Crippen LogP contribution in [0.1, 0.15) is 13.8 Å². The third kappa shape index (κ3) is 2.38. The zero-order valence-corrected chi connectivity index (χ0v) is 8.53. The van der Waals surface area contributed by atoms with E-state index in [9.17, 15) is 0 Å². The minimum atomic E-state index is 0.202. The first-order valence-electron chi connectivity index (χ1n) is 3.91. The van der Waals surface area contributed by atoms with Gasteiger partial charge in [-0.15, -0.1) is 9.24 Å². The highest BCUT2D eigenvalue weighted by Crippen LogP contribution is 2.15. The Morgan fingerprint density at radius 2 is 2.08 bits per heavy atom. The van der Waals surface area contributed by atoms with Crippen molar-refractivity contribution >= 4 is 20.2 Å². The van der Waals surface area contributed by atoms with Crippen molar-refractivity contribution < 1.29 is 4.74 Å². The second kappa shape index (κ2) is 3.77. The maximum Gasteiger partial charge on any atom is 0.126 e. The summed E-state index contributed by atoms with van der Waals surface area (Å²) in [7, 11) is 2.61. The molecule has 12 heavy (non-hydrogen) atoms. The quantitative estimate of drug-likeness (QED) is 0.557. The summed E-state index contributed by atoms with van der Waals surface area (Å²) in [5, 5.41) is 1.00. The lowest BCUT2D eigenvalue weighted by atomic mass is 10.3. The molecule has 0 fully saturated rings. The fourth-order valence-electron chi connectivity index (χ4n) is 0.928. The van der Waals surface area contributed by atoms with Crippen LogP contribution in [0.4, 0.5) is 5.69 Å². The van der Waals surface area contributed by atoms with Crippen molar-refractivity contribution in [2.24, 2.45) is 0 Å². The van der Waals surface area contributed by atoms with Crippen LogP contribution in [0.5, 0.6) is 5.75 Å². The van der Waals surface area contributed by atoms with Gasteiger partial charge in [0.15, 0.2) is 0 Å². The van der Waals surface area contributed by atoms with Crippen LogP contribution in [0.3, 0.4) is 0 Å². The molecule has 0 saturated carbocycles. The van der Waals surface area contributed by atoms with E-state index < -0.39 is 0 Å². The van der Waals surface area contributed by atoms with Gasteiger partial charge in [0, 0.05) is 11.0 Å². The lowest BCUT2D eigenvalue weighted by Gasteiger charge is -2.11. The number of rotatable bonds is 2. The molecular weight excluding hydrogens is 169 g/mol. The van der Waals surface area contributed by atoms with Crippen molar-refractivity contribution in [2.45, 2.75) is 20.0 Å². The molecule has 1 atom stereocenters. The van der Waals surface area contributed by atoms with Crippen LogP contribution in [-0.4, -0.2) is 6.10 Å². The third-order valence-electron chi connectivity index (χ3n) is 1.40. The molecule has 0 spiro atoms. The summed E-state index contributed by atoms with van der Waals surface area (Å²) in [6.07, 6.45) is 0.202. The molecule has 0 amide bonds. The lowest BCUT2D eigenvalue weighted by molar-refractivity contribution is 0.244. The maximum absolute atomic E-state index is 5.59. The van der Waals surface area contributed by atoms with Gasteiger partial charge in [0.05, 0.1) is 6.10 Å². The van der Waals surface area contributed by atoms with Gasteiger partial charge in [0.2, 0.25) is 0 Å². The zero-order valence-electron chi connectivity index (χ0n) is 7.37. The minimum absolute atomic E-state index is 0.202. The molecule has 3 heteroatoms. The molecule has 66 valence electrons. The first-order chi connectivity index (χ1) is 5.59. The number of ether oxygens (including phenoxy) is 1. The minimum Gasteiger partial charge on any atom is -0.490 e. The Hall–Kier alpha value is -0.750. The number of anilines is 1. The SMILES string of the molecule is CC(C)Oc1ccc(N)cc1P. The standard InChI is InChI=1S/C9H14NOP/c1-6(2)11-8-4-3-7(10)5-9(8)12/h3-6H,10,12H2,1-2H3. The third-order valence-corrected chi connectivity index (χ3v) is 1.85. The highest BCUT2D eigenvalue weighted by Gasteiger charge is 2.01. The smallest absolute Gasteiger partial charge is 0.126 e. The van der Waals surface area contributed by atoms with Gasteiger partial charge in [-0.25, -0.2) is 0 Å². The molecule has 0 heterocycles. The van der Waals surface area contributed by atoms with E-state index in [-0.39, 0.29) is 6.10 Å². The molecule has 1 aromatic rings. The normalized spacial score (nSPS) is 10.3. The fourth-order valence-corrected chi connectivity index (χ4v) is 1.28. The first kappa shape index (κ1) is 9.34. The van der Waals surface area contributed by atoms with Crippen LogP contribution >= 0.6 is 9.24 Å². The van der Waals surface area contributed by atoms with Crippen molar-refractivity contribution in [1.82, 2.24) is 0 Å². The van der Waals surface area contributed by atoms with Crippen molar-refractivity contribution in [3.05, 3.63) is 18.2 Å². The summed E-state index contributed by atoms with van der Waals surface area (Å²) in [6, 6.07) is 5.60. The van der Waals surface area contributed by atoms with Gasteiger partial charge in [-0.1, -0.05) is 0 Å². The van der Waals surface area contributed by atoms with Crippen molar-refractivity contribution in [3.63, 3.8) is 0 Å². The Morgan fingerprint density at radius 3 is 2.58 bits per heavy atom. The van der Waals surface area contributed by atoms with Crippen molar-refractivity contribution in [1.29, 1.82) is 0 Å². The molecule has 0 saturated heterocycles. The van der Waals surface area contributed by atoms with Gasteiger partial charge in [-0.3, -0.25) is 0 Å². The average molecular weight is 183 g/mol. The molecular formula is C9H14NOP. The second-order valence-corrected chi connectivity index (χ2v) is 3.59. The zero-order chi connectivity index (χ0) is 9.14. The van der Waals surface area contributed by atoms with Gasteiger partial charge < -0.3 is 10.5 Å². The van der Waals surface area contributed by atoms with E-state index in [1.165, 1.54) is 0 Å². The van der Waals surface area contributed by atoms with Crippen molar-refractivity contribution in [2.75, 3.05) is 5.73 Å². The monoisotopic (exact) mass is 183 g/mol. The van der Waals surface area contributed by atoms with Crippen LogP contribution in [0.2, 0.25) is 0 Å². The van der Waals surface area contributed by atoms with E-state index in [0.717, 1.165) is 16.7 Å².